The number of fused-ring (bicyclic) bond motifs is 1. The second-order valence-corrected chi connectivity index (χ2v) is 3.75. The molecule has 0 aliphatic rings. The van der Waals surface area contributed by atoms with Crippen LogP contribution in [-0.2, 0) is 0 Å². The van der Waals surface area contributed by atoms with Crippen LogP contribution in [-0.4, -0.2) is 15.9 Å². The number of pyridine rings is 1. The predicted octanol–water partition coefficient (Wildman–Crippen LogP) is 2.22. The molecule has 66 valence electrons. The van der Waals surface area contributed by atoms with E-state index < -0.39 is 0 Å². The molecule has 0 bridgehead atoms. The van der Waals surface area contributed by atoms with E-state index in [1.807, 2.05) is 19.1 Å². The normalized spacial score (nSPS) is 10.6. The van der Waals surface area contributed by atoms with E-state index >= 15 is 0 Å². The minimum absolute atomic E-state index is 0.459. The summed E-state index contributed by atoms with van der Waals surface area (Å²) in [7, 11) is 0. The topological polar surface area (TPSA) is 34.4 Å². The van der Waals surface area contributed by atoms with E-state index in [0.717, 1.165) is 22.0 Å². The molecule has 0 atom stereocenters. The Morgan fingerprint density at radius 1 is 1.46 bits per heavy atom. The van der Waals surface area contributed by atoms with Crippen LogP contribution in [0, 0.1) is 6.92 Å². The van der Waals surface area contributed by atoms with E-state index in [4.69, 9.17) is 0 Å². The van der Waals surface area contributed by atoms with Gasteiger partial charge in [0, 0.05) is 10.2 Å². The lowest BCUT2D eigenvalue weighted by Gasteiger charge is -1.98. The Morgan fingerprint density at radius 2 is 2.23 bits per heavy atom. The molecule has 0 aliphatic heterocycles. The van der Waals surface area contributed by atoms with Crippen LogP contribution in [0.15, 0.2) is 22.7 Å². The second-order valence-electron chi connectivity index (χ2n) is 2.84. The average Bonchev–Trinajstić information content (AvgIpc) is 2.47. The van der Waals surface area contributed by atoms with Gasteiger partial charge in [0.2, 0.25) is 0 Å². The lowest BCUT2D eigenvalue weighted by atomic mass is 10.3. The van der Waals surface area contributed by atoms with Gasteiger partial charge in [-0.15, -0.1) is 0 Å². The summed E-state index contributed by atoms with van der Waals surface area (Å²) < 4.78 is 2.74. The Bertz CT molecular complexity index is 476. The van der Waals surface area contributed by atoms with E-state index in [0.29, 0.717) is 5.69 Å². The molecule has 2 aromatic heterocycles. The van der Waals surface area contributed by atoms with Gasteiger partial charge in [-0.1, -0.05) is 15.9 Å². The number of aldehydes is 1. The molecular formula is C9H7BrN2O. The van der Waals surface area contributed by atoms with Crippen LogP contribution >= 0.6 is 15.9 Å². The quantitative estimate of drug-likeness (QED) is 0.715. The first kappa shape index (κ1) is 8.44. The first-order valence-corrected chi connectivity index (χ1v) is 4.61. The van der Waals surface area contributed by atoms with Crippen molar-refractivity contribution in [2.45, 2.75) is 6.92 Å². The van der Waals surface area contributed by atoms with Crippen molar-refractivity contribution in [1.29, 1.82) is 0 Å². The van der Waals surface area contributed by atoms with Gasteiger partial charge in [0.25, 0.3) is 0 Å². The maximum absolute atomic E-state index is 10.5. The predicted molar refractivity (Wildman–Crippen MR) is 53.0 cm³/mol. The Labute approximate surface area is 83.5 Å². The molecule has 0 saturated heterocycles. The summed E-state index contributed by atoms with van der Waals surface area (Å²) in [5, 5.41) is 4.10. The molecule has 4 heteroatoms. The number of nitrogens with zero attached hydrogens (tertiary/aromatic N) is 2. The van der Waals surface area contributed by atoms with Crippen molar-refractivity contribution in [3.8, 4) is 0 Å². The highest BCUT2D eigenvalue weighted by atomic mass is 79.9. The third kappa shape index (κ3) is 1.37. The minimum atomic E-state index is 0.459. The standard InChI is InChI=1S/C9H7BrN2O/c1-6-2-7(10)3-9-4-8(5-13)11-12(6)9/h2-5H,1H3. The Morgan fingerprint density at radius 3 is 2.92 bits per heavy atom. The average molecular weight is 239 g/mol. The Kier molecular flexibility index (Phi) is 1.92. The zero-order valence-electron chi connectivity index (χ0n) is 6.99. The number of aryl methyl sites for hydroxylation is 1. The maximum atomic E-state index is 10.5. The Hall–Kier alpha value is -1.16. The zero-order valence-corrected chi connectivity index (χ0v) is 8.58. The largest absolute Gasteiger partial charge is 0.296 e. The van der Waals surface area contributed by atoms with E-state index in [1.54, 1.807) is 10.6 Å². The number of aromatic nitrogens is 2. The lowest BCUT2D eigenvalue weighted by Crippen LogP contribution is -1.93. The smallest absolute Gasteiger partial charge is 0.170 e. The number of halogens is 1. The van der Waals surface area contributed by atoms with Gasteiger partial charge >= 0.3 is 0 Å². The summed E-state index contributed by atoms with van der Waals surface area (Å²) in [4.78, 5) is 10.5. The molecule has 0 aromatic carbocycles. The fraction of sp³-hybridized carbons (Fsp3) is 0.111. The summed E-state index contributed by atoms with van der Waals surface area (Å²) in [6.07, 6.45) is 0.750. The summed E-state index contributed by atoms with van der Waals surface area (Å²) >= 11 is 3.38. The van der Waals surface area contributed by atoms with Crippen molar-refractivity contribution in [3.05, 3.63) is 34.1 Å². The summed E-state index contributed by atoms with van der Waals surface area (Å²) in [5.41, 5.74) is 2.38. The van der Waals surface area contributed by atoms with Crippen molar-refractivity contribution in [2.24, 2.45) is 0 Å². The molecule has 2 heterocycles. The number of rotatable bonds is 1. The first-order chi connectivity index (χ1) is 6.20. The SMILES string of the molecule is Cc1cc(Br)cc2cc(C=O)nn12. The van der Waals surface area contributed by atoms with Crippen LogP contribution in [0.2, 0.25) is 0 Å². The molecule has 0 radical (unpaired) electrons. The number of carbonyl (C=O) groups is 1. The molecule has 0 unspecified atom stereocenters. The highest BCUT2D eigenvalue weighted by molar-refractivity contribution is 9.10. The summed E-state index contributed by atoms with van der Waals surface area (Å²) in [6.45, 7) is 1.94. The van der Waals surface area contributed by atoms with Crippen LogP contribution in [0.1, 0.15) is 16.2 Å². The van der Waals surface area contributed by atoms with Gasteiger partial charge in [-0.2, -0.15) is 5.10 Å². The summed E-state index contributed by atoms with van der Waals surface area (Å²) in [5.74, 6) is 0. The third-order valence-electron chi connectivity index (χ3n) is 1.84. The van der Waals surface area contributed by atoms with E-state index in [2.05, 4.69) is 21.0 Å². The number of hydrogen-bond acceptors (Lipinski definition) is 2. The molecule has 0 fully saturated rings. The van der Waals surface area contributed by atoms with Crippen molar-refractivity contribution in [2.75, 3.05) is 0 Å². The lowest BCUT2D eigenvalue weighted by molar-refractivity contribution is 0.111. The zero-order chi connectivity index (χ0) is 9.42. The fourth-order valence-corrected chi connectivity index (χ4v) is 1.87. The van der Waals surface area contributed by atoms with E-state index in [-0.39, 0.29) is 0 Å². The highest BCUT2D eigenvalue weighted by Crippen LogP contribution is 2.16. The van der Waals surface area contributed by atoms with Crippen molar-refractivity contribution in [1.82, 2.24) is 9.61 Å². The van der Waals surface area contributed by atoms with Gasteiger partial charge in [-0.25, -0.2) is 4.52 Å². The molecule has 2 rings (SSSR count). The maximum Gasteiger partial charge on any atom is 0.170 e. The van der Waals surface area contributed by atoms with E-state index in [1.165, 1.54) is 0 Å². The van der Waals surface area contributed by atoms with Crippen LogP contribution in [0.5, 0.6) is 0 Å². The molecular weight excluding hydrogens is 232 g/mol. The van der Waals surface area contributed by atoms with E-state index in [9.17, 15) is 4.79 Å². The van der Waals surface area contributed by atoms with Gasteiger partial charge < -0.3 is 0 Å². The molecule has 0 amide bonds. The number of carbonyl (C=O) groups excluding carboxylic acids is 1. The molecule has 13 heavy (non-hydrogen) atoms. The van der Waals surface area contributed by atoms with Crippen LogP contribution in [0.25, 0.3) is 5.52 Å². The Balaban J connectivity index is 2.82. The first-order valence-electron chi connectivity index (χ1n) is 3.82. The third-order valence-corrected chi connectivity index (χ3v) is 2.30. The van der Waals surface area contributed by atoms with Crippen LogP contribution in [0.4, 0.5) is 0 Å². The van der Waals surface area contributed by atoms with Crippen LogP contribution in [0.3, 0.4) is 0 Å². The molecule has 0 saturated carbocycles. The molecule has 0 N–H and O–H groups in total. The number of hydrogen-bond donors (Lipinski definition) is 0. The van der Waals surface area contributed by atoms with Gasteiger partial charge in [0.1, 0.15) is 5.69 Å². The minimum Gasteiger partial charge on any atom is -0.296 e. The van der Waals surface area contributed by atoms with Gasteiger partial charge in [-0.05, 0) is 25.1 Å². The van der Waals surface area contributed by atoms with Crippen molar-refractivity contribution in [3.63, 3.8) is 0 Å². The highest BCUT2D eigenvalue weighted by Gasteiger charge is 2.03. The van der Waals surface area contributed by atoms with Crippen LogP contribution < -0.4 is 0 Å². The molecule has 2 aromatic rings. The molecule has 0 aliphatic carbocycles. The molecule has 0 spiro atoms. The summed E-state index contributed by atoms with van der Waals surface area (Å²) in [6, 6.07) is 5.63. The second kappa shape index (κ2) is 2.96. The van der Waals surface area contributed by atoms with Gasteiger partial charge in [-0.3, -0.25) is 4.79 Å². The van der Waals surface area contributed by atoms with Crippen molar-refractivity contribution >= 4 is 27.7 Å². The fourth-order valence-electron chi connectivity index (χ4n) is 1.30. The van der Waals surface area contributed by atoms with Gasteiger partial charge in [0.15, 0.2) is 6.29 Å². The van der Waals surface area contributed by atoms with Crippen molar-refractivity contribution < 1.29 is 4.79 Å². The molecule has 3 nitrogen and oxygen atoms in total. The van der Waals surface area contributed by atoms with Gasteiger partial charge in [0.05, 0.1) is 5.52 Å². The monoisotopic (exact) mass is 238 g/mol.